The predicted octanol–water partition coefficient (Wildman–Crippen LogP) is 1.42. The van der Waals surface area contributed by atoms with E-state index in [9.17, 15) is 13.2 Å². The Morgan fingerprint density at radius 2 is 2.10 bits per heavy atom. The fourth-order valence-electron chi connectivity index (χ4n) is 2.18. The average molecular weight is 302 g/mol. The van der Waals surface area contributed by atoms with Crippen LogP contribution in [0.25, 0.3) is 0 Å². The maximum atomic E-state index is 12.4. The number of nitrogens with zero attached hydrogens (tertiary/aromatic N) is 2. The fourth-order valence-corrected chi connectivity index (χ4v) is 3.99. The van der Waals surface area contributed by atoms with Crippen LogP contribution in [0.5, 0.6) is 0 Å². The average Bonchev–Trinajstić information content (AvgIpc) is 2.77. The Labute approximate surface area is 120 Å². The Hall–Kier alpha value is -1.13. The highest BCUT2D eigenvalue weighted by molar-refractivity contribution is 7.90. The number of ether oxygens (including phenoxy) is 1. The third-order valence-corrected chi connectivity index (χ3v) is 5.33. The largest absolute Gasteiger partial charge is 0.459 e. The van der Waals surface area contributed by atoms with Crippen LogP contribution >= 0.6 is 0 Å². The molecule has 0 N–H and O–H groups in total. The molecule has 1 unspecified atom stereocenters. The van der Waals surface area contributed by atoms with Gasteiger partial charge < -0.3 is 4.74 Å². The first-order chi connectivity index (χ1) is 9.13. The molecule has 1 saturated heterocycles. The number of carbonyl (C=O) groups excluding carboxylic acids is 1. The summed E-state index contributed by atoms with van der Waals surface area (Å²) in [7, 11) is -3.78. The normalized spacial score (nSPS) is 22.2. The minimum atomic E-state index is -3.78. The Bertz CT molecular complexity index is 501. The summed E-state index contributed by atoms with van der Waals surface area (Å²) in [6.07, 6.45) is 1.25. The summed E-state index contributed by atoms with van der Waals surface area (Å²) in [6.45, 7) is 7.13. The Morgan fingerprint density at radius 1 is 1.50 bits per heavy atom. The molecule has 1 rings (SSSR count). The van der Waals surface area contributed by atoms with Crippen LogP contribution in [0, 0.1) is 11.3 Å². The smallest absolute Gasteiger partial charge is 0.324 e. The molecule has 114 valence electrons. The molecule has 0 aromatic rings. The van der Waals surface area contributed by atoms with Gasteiger partial charge in [-0.3, -0.25) is 4.79 Å². The molecule has 6 nitrogen and oxygen atoms in total. The second kappa shape index (κ2) is 6.10. The number of rotatable bonds is 4. The summed E-state index contributed by atoms with van der Waals surface area (Å²) in [5, 5.41) is 7.86. The molecule has 0 aromatic heterocycles. The first kappa shape index (κ1) is 16.9. The molecular weight excluding hydrogens is 280 g/mol. The van der Waals surface area contributed by atoms with Crippen LogP contribution in [0.2, 0.25) is 0 Å². The molecule has 0 aromatic carbocycles. The van der Waals surface area contributed by atoms with Gasteiger partial charge in [-0.25, -0.2) is 8.42 Å². The molecule has 1 aliphatic heterocycles. The summed E-state index contributed by atoms with van der Waals surface area (Å²) in [5.74, 6) is -0.536. The summed E-state index contributed by atoms with van der Waals surface area (Å²) in [5.41, 5.74) is -0.658. The minimum Gasteiger partial charge on any atom is -0.459 e. The predicted molar refractivity (Wildman–Crippen MR) is 74.2 cm³/mol. The molecule has 1 fully saturated rings. The highest BCUT2D eigenvalue weighted by atomic mass is 32.2. The van der Waals surface area contributed by atoms with Crippen LogP contribution in [0.15, 0.2) is 0 Å². The lowest BCUT2D eigenvalue weighted by Gasteiger charge is -2.27. The van der Waals surface area contributed by atoms with Crippen LogP contribution < -0.4 is 0 Å². The third-order valence-electron chi connectivity index (χ3n) is 3.08. The van der Waals surface area contributed by atoms with Crippen LogP contribution in [0.1, 0.15) is 47.0 Å². The maximum absolute atomic E-state index is 12.4. The van der Waals surface area contributed by atoms with E-state index in [1.807, 2.05) is 0 Å². The van der Waals surface area contributed by atoms with Crippen LogP contribution in [-0.2, 0) is 19.6 Å². The first-order valence-corrected chi connectivity index (χ1v) is 8.27. The van der Waals surface area contributed by atoms with Gasteiger partial charge in [-0.15, -0.1) is 0 Å². The lowest BCUT2D eigenvalue weighted by Crippen LogP contribution is -2.46. The lowest BCUT2D eigenvalue weighted by molar-refractivity contribution is -0.158. The molecular formula is C13H22N2O4S. The summed E-state index contributed by atoms with van der Waals surface area (Å²) in [4.78, 5) is 12.1. The molecule has 1 heterocycles. The van der Waals surface area contributed by atoms with Crippen LogP contribution in [0.3, 0.4) is 0 Å². The van der Waals surface area contributed by atoms with Gasteiger partial charge >= 0.3 is 5.97 Å². The highest BCUT2D eigenvalue weighted by Gasteiger charge is 2.43. The Morgan fingerprint density at radius 3 is 2.55 bits per heavy atom. The molecule has 2 atom stereocenters. The molecule has 0 spiro atoms. The standard InChI is InChI=1S/C13H22N2O4S/c1-5-10(9-14)20(17,18)15-8-6-7-11(15)12(16)19-13(2,3)4/h10-11H,5-8H2,1-4H3/t10?,11-/m0/s1. The zero-order valence-corrected chi connectivity index (χ0v) is 13.2. The molecule has 20 heavy (non-hydrogen) atoms. The zero-order valence-electron chi connectivity index (χ0n) is 12.4. The zero-order chi connectivity index (χ0) is 15.6. The molecule has 1 aliphatic rings. The van der Waals surface area contributed by atoms with Crippen LogP contribution in [0.4, 0.5) is 0 Å². The second-order valence-corrected chi connectivity index (χ2v) is 7.94. The van der Waals surface area contributed by atoms with Gasteiger partial charge in [-0.2, -0.15) is 9.57 Å². The SMILES string of the molecule is CCC(C#N)S(=O)(=O)N1CCC[C@H]1C(=O)OC(C)(C)C. The maximum Gasteiger partial charge on any atom is 0.324 e. The number of hydrogen-bond acceptors (Lipinski definition) is 5. The van der Waals surface area contributed by atoms with Crippen molar-refractivity contribution >= 4 is 16.0 Å². The van der Waals surface area contributed by atoms with Crippen LogP contribution in [-0.4, -0.2) is 42.1 Å². The summed E-state index contributed by atoms with van der Waals surface area (Å²) < 4.78 is 31.1. The minimum absolute atomic E-state index is 0.205. The molecule has 0 amide bonds. The van der Waals surface area contributed by atoms with Crippen molar-refractivity contribution in [3.05, 3.63) is 0 Å². The number of nitriles is 1. The molecule has 0 aliphatic carbocycles. The van der Waals surface area contributed by atoms with E-state index in [0.717, 1.165) is 4.31 Å². The van der Waals surface area contributed by atoms with Crippen molar-refractivity contribution in [1.82, 2.24) is 4.31 Å². The monoisotopic (exact) mass is 302 g/mol. The van der Waals surface area contributed by atoms with E-state index in [4.69, 9.17) is 10.00 Å². The Balaban J connectivity index is 2.96. The van der Waals surface area contributed by atoms with Gasteiger partial charge in [0.1, 0.15) is 11.6 Å². The van der Waals surface area contributed by atoms with Crippen molar-refractivity contribution in [1.29, 1.82) is 5.26 Å². The van der Waals surface area contributed by atoms with Gasteiger partial charge in [-0.05, 0) is 40.0 Å². The molecule has 0 saturated carbocycles. The van der Waals surface area contributed by atoms with Gasteiger partial charge in [0.25, 0.3) is 0 Å². The van der Waals surface area contributed by atoms with Crippen molar-refractivity contribution in [3.63, 3.8) is 0 Å². The second-order valence-electron chi connectivity index (χ2n) is 5.87. The summed E-state index contributed by atoms with van der Waals surface area (Å²) >= 11 is 0. The third kappa shape index (κ3) is 3.70. The van der Waals surface area contributed by atoms with Gasteiger partial charge in [-0.1, -0.05) is 6.92 Å². The number of hydrogen-bond donors (Lipinski definition) is 0. The topological polar surface area (TPSA) is 87.5 Å². The highest BCUT2D eigenvalue weighted by Crippen LogP contribution is 2.26. The number of sulfonamides is 1. The Kier molecular flexibility index (Phi) is 5.16. The van der Waals surface area contributed by atoms with E-state index >= 15 is 0 Å². The van der Waals surface area contributed by atoms with E-state index < -0.39 is 32.9 Å². The van der Waals surface area contributed by atoms with E-state index in [-0.39, 0.29) is 13.0 Å². The fraction of sp³-hybridized carbons (Fsp3) is 0.846. The van der Waals surface area contributed by atoms with Gasteiger partial charge in [0.05, 0.1) is 6.07 Å². The van der Waals surface area contributed by atoms with E-state index in [2.05, 4.69) is 0 Å². The van der Waals surface area contributed by atoms with Gasteiger partial charge in [0, 0.05) is 6.54 Å². The van der Waals surface area contributed by atoms with E-state index in [1.54, 1.807) is 33.8 Å². The van der Waals surface area contributed by atoms with E-state index in [0.29, 0.717) is 12.8 Å². The molecule has 0 bridgehead atoms. The number of carbonyl (C=O) groups is 1. The lowest BCUT2D eigenvalue weighted by atomic mass is 10.2. The van der Waals surface area contributed by atoms with Gasteiger partial charge in [0.15, 0.2) is 5.25 Å². The number of esters is 1. The van der Waals surface area contributed by atoms with Crippen molar-refractivity contribution in [3.8, 4) is 6.07 Å². The van der Waals surface area contributed by atoms with Gasteiger partial charge in [0.2, 0.25) is 10.0 Å². The van der Waals surface area contributed by atoms with Crippen molar-refractivity contribution in [2.75, 3.05) is 6.54 Å². The molecule has 0 radical (unpaired) electrons. The summed E-state index contributed by atoms with van der Waals surface area (Å²) in [6, 6.07) is 0.991. The van der Waals surface area contributed by atoms with Crippen molar-refractivity contribution < 1.29 is 17.9 Å². The van der Waals surface area contributed by atoms with E-state index in [1.165, 1.54) is 0 Å². The van der Waals surface area contributed by atoms with Crippen molar-refractivity contribution in [2.24, 2.45) is 0 Å². The van der Waals surface area contributed by atoms with Crippen molar-refractivity contribution in [2.45, 2.75) is 63.9 Å². The molecule has 7 heteroatoms. The first-order valence-electron chi connectivity index (χ1n) is 6.76. The quantitative estimate of drug-likeness (QED) is 0.733.